The third-order valence-electron chi connectivity index (χ3n) is 5.74. The number of rotatable bonds is 5. The number of ketones is 1. The smallest absolute Gasteiger partial charge is 0.311 e. The lowest BCUT2D eigenvalue weighted by molar-refractivity contribution is -0.147. The van der Waals surface area contributed by atoms with E-state index in [1.807, 2.05) is 37.8 Å². The number of nitrogens with zero attached hydrogens (tertiary/aromatic N) is 1. The van der Waals surface area contributed by atoms with Crippen molar-refractivity contribution < 1.29 is 19.1 Å². The number of carbonyl (C=O) groups excluding carboxylic acids is 3. The van der Waals surface area contributed by atoms with Gasteiger partial charge in [0.2, 0.25) is 11.7 Å². The third-order valence-corrected chi connectivity index (χ3v) is 5.74. The van der Waals surface area contributed by atoms with E-state index in [4.69, 9.17) is 4.74 Å². The number of likely N-dealkylation sites (tertiary alicyclic amines) is 1. The molecule has 1 aromatic rings. The molecule has 0 N–H and O–H groups in total. The summed E-state index contributed by atoms with van der Waals surface area (Å²) in [4.78, 5) is 38.8. The van der Waals surface area contributed by atoms with Gasteiger partial charge in [-0.2, -0.15) is 0 Å². The van der Waals surface area contributed by atoms with Crippen LogP contribution in [0.3, 0.4) is 0 Å². The van der Waals surface area contributed by atoms with Crippen LogP contribution in [-0.4, -0.2) is 41.8 Å². The summed E-state index contributed by atoms with van der Waals surface area (Å²) in [5.41, 5.74) is 3.65. The van der Waals surface area contributed by atoms with Crippen LogP contribution < -0.4 is 0 Å². The van der Waals surface area contributed by atoms with Gasteiger partial charge in [0.25, 0.3) is 0 Å². The lowest BCUT2D eigenvalue weighted by Gasteiger charge is -2.23. The highest BCUT2D eigenvalue weighted by Crippen LogP contribution is 2.30. The van der Waals surface area contributed by atoms with E-state index >= 15 is 0 Å². The summed E-state index contributed by atoms with van der Waals surface area (Å²) in [5.74, 6) is -1.04. The van der Waals surface area contributed by atoms with Crippen molar-refractivity contribution in [3.8, 4) is 0 Å². The summed E-state index contributed by atoms with van der Waals surface area (Å²) in [5, 5.41) is 0. The lowest BCUT2D eigenvalue weighted by atomic mass is 9.98. The second-order valence-corrected chi connectivity index (χ2v) is 7.67. The molecule has 0 bridgehead atoms. The van der Waals surface area contributed by atoms with Gasteiger partial charge in [-0.1, -0.05) is 18.9 Å². The molecule has 2 fully saturated rings. The van der Waals surface area contributed by atoms with Gasteiger partial charge in [0.15, 0.2) is 6.61 Å². The van der Waals surface area contributed by atoms with Crippen LogP contribution in [0.4, 0.5) is 0 Å². The zero-order valence-electron chi connectivity index (χ0n) is 15.8. The maximum Gasteiger partial charge on any atom is 0.311 e. The highest BCUT2D eigenvalue weighted by molar-refractivity contribution is 5.99. The molecule has 0 radical (unpaired) electrons. The molecule has 2 aliphatic rings. The molecule has 1 aliphatic heterocycles. The molecule has 0 unspecified atom stereocenters. The molecular weight excluding hydrogens is 330 g/mol. The Balaban J connectivity index is 1.56. The van der Waals surface area contributed by atoms with Crippen molar-refractivity contribution in [2.75, 3.05) is 13.2 Å². The van der Waals surface area contributed by atoms with Crippen LogP contribution in [0.1, 0.15) is 59.2 Å². The van der Waals surface area contributed by atoms with Gasteiger partial charge in [0.1, 0.15) is 0 Å². The van der Waals surface area contributed by atoms with E-state index in [0.29, 0.717) is 12.1 Å². The lowest BCUT2D eigenvalue weighted by Crippen LogP contribution is -2.35. The molecule has 140 valence electrons. The zero-order chi connectivity index (χ0) is 18.8. The molecule has 26 heavy (non-hydrogen) atoms. The number of carbonyl (C=O) groups is 3. The van der Waals surface area contributed by atoms with Crippen molar-refractivity contribution in [1.29, 1.82) is 0 Å². The van der Waals surface area contributed by atoms with E-state index in [1.54, 1.807) is 0 Å². The molecule has 0 spiro atoms. The molecule has 5 heteroatoms. The number of aryl methyl sites for hydroxylation is 3. The first-order valence-corrected chi connectivity index (χ1v) is 9.44. The SMILES string of the molecule is Cc1cc(C)c(C(=O)COC(=O)[C@@H]2CC(=O)N(C3CCCC3)C2)cc1C. The van der Waals surface area contributed by atoms with Gasteiger partial charge in [-0.15, -0.1) is 0 Å². The Kier molecular flexibility index (Phi) is 5.44. The molecule has 3 rings (SSSR count). The topological polar surface area (TPSA) is 63.7 Å². The molecule has 0 aromatic heterocycles. The van der Waals surface area contributed by atoms with Gasteiger partial charge < -0.3 is 9.64 Å². The normalized spacial score (nSPS) is 20.7. The highest BCUT2D eigenvalue weighted by atomic mass is 16.5. The Morgan fingerprint density at radius 3 is 2.42 bits per heavy atom. The van der Waals surface area contributed by atoms with Crippen molar-refractivity contribution in [3.63, 3.8) is 0 Å². The summed E-state index contributed by atoms with van der Waals surface area (Å²) < 4.78 is 5.26. The maximum atomic E-state index is 12.4. The molecule has 1 saturated heterocycles. The monoisotopic (exact) mass is 357 g/mol. The van der Waals surface area contributed by atoms with E-state index < -0.39 is 11.9 Å². The summed E-state index contributed by atoms with van der Waals surface area (Å²) in [7, 11) is 0. The van der Waals surface area contributed by atoms with E-state index in [0.717, 1.165) is 42.4 Å². The van der Waals surface area contributed by atoms with Crippen LogP contribution in [-0.2, 0) is 14.3 Å². The minimum atomic E-state index is -0.447. The average molecular weight is 357 g/mol. The van der Waals surface area contributed by atoms with Crippen molar-refractivity contribution in [1.82, 2.24) is 4.90 Å². The van der Waals surface area contributed by atoms with Crippen LogP contribution in [0, 0.1) is 26.7 Å². The highest BCUT2D eigenvalue weighted by Gasteiger charge is 2.39. The molecular formula is C21H27NO4. The number of Topliss-reactive ketones (excluding diaryl/α,β-unsaturated/α-hetero) is 1. The van der Waals surface area contributed by atoms with E-state index in [-0.39, 0.29) is 30.8 Å². The Labute approximate surface area is 154 Å². The van der Waals surface area contributed by atoms with Crippen molar-refractivity contribution in [2.45, 2.75) is 58.9 Å². The fourth-order valence-electron chi connectivity index (χ4n) is 4.05. The maximum absolute atomic E-state index is 12.4. The molecule has 1 aromatic carbocycles. The van der Waals surface area contributed by atoms with Crippen LogP contribution >= 0.6 is 0 Å². The largest absolute Gasteiger partial charge is 0.457 e. The van der Waals surface area contributed by atoms with Gasteiger partial charge in [0.05, 0.1) is 5.92 Å². The van der Waals surface area contributed by atoms with E-state index in [9.17, 15) is 14.4 Å². The first-order chi connectivity index (χ1) is 12.4. The van der Waals surface area contributed by atoms with Gasteiger partial charge >= 0.3 is 5.97 Å². The first-order valence-electron chi connectivity index (χ1n) is 9.44. The summed E-state index contributed by atoms with van der Waals surface area (Å²) in [6.07, 6.45) is 4.54. The first kappa shape index (κ1) is 18.6. The van der Waals surface area contributed by atoms with Crippen LogP contribution in [0.25, 0.3) is 0 Å². The van der Waals surface area contributed by atoms with Crippen molar-refractivity contribution in [2.24, 2.45) is 5.92 Å². The van der Waals surface area contributed by atoms with Crippen LogP contribution in [0.5, 0.6) is 0 Å². The summed E-state index contributed by atoms with van der Waals surface area (Å²) in [6, 6.07) is 4.10. The Morgan fingerprint density at radius 1 is 1.08 bits per heavy atom. The standard InChI is InChI=1S/C21H27NO4/c1-13-8-15(3)18(9-14(13)2)19(23)12-26-21(25)16-10-20(24)22(11-16)17-6-4-5-7-17/h8-9,16-17H,4-7,10-12H2,1-3H3/t16-/m1/s1. The molecule has 5 nitrogen and oxygen atoms in total. The van der Waals surface area contributed by atoms with Crippen molar-refractivity contribution >= 4 is 17.7 Å². The van der Waals surface area contributed by atoms with Gasteiger partial charge in [-0.25, -0.2) is 0 Å². The second kappa shape index (κ2) is 7.60. The van der Waals surface area contributed by atoms with E-state index in [2.05, 4.69) is 0 Å². The number of amides is 1. The molecule has 1 atom stereocenters. The number of benzene rings is 1. The molecule has 1 heterocycles. The minimum absolute atomic E-state index is 0.0372. The fraction of sp³-hybridized carbons (Fsp3) is 0.571. The zero-order valence-corrected chi connectivity index (χ0v) is 15.8. The average Bonchev–Trinajstić information content (AvgIpc) is 3.25. The predicted octanol–water partition coefficient (Wildman–Crippen LogP) is 3.13. The van der Waals surface area contributed by atoms with Crippen LogP contribution in [0.15, 0.2) is 12.1 Å². The Morgan fingerprint density at radius 2 is 1.73 bits per heavy atom. The van der Waals surface area contributed by atoms with Crippen molar-refractivity contribution in [3.05, 3.63) is 34.4 Å². The van der Waals surface area contributed by atoms with Gasteiger partial charge in [0, 0.05) is 24.6 Å². The van der Waals surface area contributed by atoms with Crippen LogP contribution in [0.2, 0.25) is 0 Å². The second-order valence-electron chi connectivity index (χ2n) is 7.67. The Hall–Kier alpha value is -2.17. The fourth-order valence-corrected chi connectivity index (χ4v) is 4.05. The molecule has 1 amide bonds. The number of hydrogen-bond donors (Lipinski definition) is 0. The Bertz CT molecular complexity index is 734. The minimum Gasteiger partial charge on any atom is -0.457 e. The van der Waals surface area contributed by atoms with Gasteiger partial charge in [-0.05, 0) is 56.4 Å². The predicted molar refractivity (Wildman–Crippen MR) is 98.0 cm³/mol. The quantitative estimate of drug-likeness (QED) is 0.600. The molecule has 1 aliphatic carbocycles. The summed E-state index contributed by atoms with van der Waals surface area (Å²) >= 11 is 0. The summed E-state index contributed by atoms with van der Waals surface area (Å²) in [6.45, 7) is 6.01. The molecule has 1 saturated carbocycles. The van der Waals surface area contributed by atoms with Gasteiger partial charge in [-0.3, -0.25) is 14.4 Å². The third kappa shape index (κ3) is 3.81. The number of ether oxygens (including phenoxy) is 1. The van der Waals surface area contributed by atoms with E-state index in [1.165, 1.54) is 0 Å². The number of hydrogen-bond acceptors (Lipinski definition) is 4. The number of esters is 1.